The van der Waals surface area contributed by atoms with Crippen LogP contribution in [0.25, 0.3) is 0 Å². The molecular weight excluding hydrogens is 339 g/mol. The normalized spacial score (nSPS) is 16.2. The zero-order valence-corrected chi connectivity index (χ0v) is 14.7. The molecular formula is C19H21FN2O4. The Morgan fingerprint density at radius 1 is 1.19 bits per heavy atom. The Morgan fingerprint density at radius 2 is 1.88 bits per heavy atom. The smallest absolute Gasteiger partial charge is 0.253 e. The molecule has 1 aromatic heterocycles. The first-order valence-corrected chi connectivity index (χ1v) is 8.33. The summed E-state index contributed by atoms with van der Waals surface area (Å²) in [5.41, 5.74) is -0.661. The van der Waals surface area contributed by atoms with Gasteiger partial charge in [-0.05, 0) is 37.1 Å². The van der Waals surface area contributed by atoms with E-state index in [4.69, 9.17) is 9.47 Å². The van der Waals surface area contributed by atoms with Crippen molar-refractivity contribution in [3.8, 4) is 11.5 Å². The van der Waals surface area contributed by atoms with Crippen LogP contribution in [0.3, 0.4) is 0 Å². The summed E-state index contributed by atoms with van der Waals surface area (Å²) in [6, 6.07) is 8.11. The van der Waals surface area contributed by atoms with Crippen molar-refractivity contribution in [1.82, 2.24) is 9.88 Å². The van der Waals surface area contributed by atoms with E-state index in [1.807, 2.05) is 0 Å². The maximum Gasteiger partial charge on any atom is 0.253 e. The molecule has 6 nitrogen and oxygen atoms in total. The van der Waals surface area contributed by atoms with Crippen LogP contribution in [0, 0.1) is 5.95 Å². The molecule has 0 unspecified atom stereocenters. The minimum atomic E-state index is -1.31. The number of ether oxygens (including phenoxy) is 2. The highest BCUT2D eigenvalue weighted by atomic mass is 19.1. The number of likely N-dealkylation sites (tertiary alicyclic amines) is 1. The Labute approximate surface area is 151 Å². The lowest BCUT2D eigenvalue weighted by atomic mass is 9.85. The molecule has 2 aromatic rings. The second-order valence-corrected chi connectivity index (χ2v) is 6.24. The van der Waals surface area contributed by atoms with Crippen molar-refractivity contribution in [3.63, 3.8) is 0 Å². The van der Waals surface area contributed by atoms with E-state index in [-0.39, 0.29) is 24.3 Å². The Bertz CT molecular complexity index is 804. The molecule has 1 N–H and O–H groups in total. The minimum absolute atomic E-state index is 0.167. The van der Waals surface area contributed by atoms with Crippen molar-refractivity contribution in [2.24, 2.45) is 0 Å². The molecule has 7 heteroatoms. The van der Waals surface area contributed by atoms with Gasteiger partial charge < -0.3 is 19.5 Å². The molecule has 1 aliphatic rings. The summed E-state index contributed by atoms with van der Waals surface area (Å²) in [4.78, 5) is 18.0. The number of nitrogens with zero attached hydrogens (tertiary/aromatic N) is 2. The lowest BCUT2D eigenvalue weighted by Crippen LogP contribution is -2.45. The number of methoxy groups -OCH3 is 2. The highest BCUT2D eigenvalue weighted by Crippen LogP contribution is 2.35. The van der Waals surface area contributed by atoms with Crippen LogP contribution in [0.5, 0.6) is 11.5 Å². The summed E-state index contributed by atoms with van der Waals surface area (Å²) in [5.74, 6) is 0.183. The van der Waals surface area contributed by atoms with Crippen LogP contribution in [0.2, 0.25) is 0 Å². The molecule has 1 aliphatic heterocycles. The van der Waals surface area contributed by atoms with E-state index in [2.05, 4.69) is 4.98 Å². The fraction of sp³-hybridized carbons (Fsp3) is 0.368. The SMILES string of the molecule is COc1ccc(C(=O)N2CCC(O)(c3cccnc3F)CC2)cc1OC. The van der Waals surface area contributed by atoms with E-state index in [1.165, 1.54) is 26.5 Å². The van der Waals surface area contributed by atoms with Crippen molar-refractivity contribution < 1.29 is 23.8 Å². The van der Waals surface area contributed by atoms with E-state index in [1.54, 1.807) is 29.2 Å². The largest absolute Gasteiger partial charge is 0.493 e. The van der Waals surface area contributed by atoms with Crippen LogP contribution < -0.4 is 9.47 Å². The molecule has 26 heavy (non-hydrogen) atoms. The Kier molecular flexibility index (Phi) is 5.08. The number of carbonyl (C=O) groups excluding carboxylic acids is 1. The summed E-state index contributed by atoms with van der Waals surface area (Å²) in [6.45, 7) is 0.635. The predicted octanol–water partition coefficient (Wildman–Crippen LogP) is 2.36. The van der Waals surface area contributed by atoms with Gasteiger partial charge in [-0.3, -0.25) is 4.79 Å². The van der Waals surface area contributed by atoms with Gasteiger partial charge in [0.25, 0.3) is 5.91 Å². The van der Waals surface area contributed by atoms with Gasteiger partial charge in [0.15, 0.2) is 11.5 Å². The first-order valence-electron chi connectivity index (χ1n) is 8.33. The monoisotopic (exact) mass is 360 g/mol. The summed E-state index contributed by atoms with van der Waals surface area (Å²) in [6.07, 6.45) is 1.83. The fourth-order valence-electron chi connectivity index (χ4n) is 3.23. The molecule has 0 bridgehead atoms. The zero-order valence-electron chi connectivity index (χ0n) is 14.7. The van der Waals surface area contributed by atoms with Gasteiger partial charge in [0, 0.05) is 30.4 Å². The topological polar surface area (TPSA) is 71.9 Å². The average molecular weight is 360 g/mol. The average Bonchev–Trinajstić information content (AvgIpc) is 2.67. The van der Waals surface area contributed by atoms with Crippen molar-refractivity contribution in [1.29, 1.82) is 0 Å². The number of pyridine rings is 1. The first-order chi connectivity index (χ1) is 12.5. The van der Waals surface area contributed by atoms with E-state index < -0.39 is 11.5 Å². The van der Waals surface area contributed by atoms with Gasteiger partial charge in [-0.25, -0.2) is 4.98 Å². The highest BCUT2D eigenvalue weighted by molar-refractivity contribution is 5.95. The molecule has 0 radical (unpaired) electrons. The van der Waals surface area contributed by atoms with E-state index in [0.717, 1.165) is 0 Å². The fourth-order valence-corrected chi connectivity index (χ4v) is 3.23. The number of benzene rings is 1. The van der Waals surface area contributed by atoms with Gasteiger partial charge in [-0.2, -0.15) is 4.39 Å². The molecule has 3 rings (SSSR count). The number of hydrogen-bond donors (Lipinski definition) is 1. The molecule has 1 aromatic carbocycles. The van der Waals surface area contributed by atoms with Gasteiger partial charge >= 0.3 is 0 Å². The third kappa shape index (κ3) is 3.35. The van der Waals surface area contributed by atoms with Crippen LogP contribution in [0.4, 0.5) is 4.39 Å². The van der Waals surface area contributed by atoms with Crippen molar-refractivity contribution in [3.05, 3.63) is 53.6 Å². The molecule has 0 aliphatic carbocycles. The second-order valence-electron chi connectivity index (χ2n) is 6.24. The molecule has 2 heterocycles. The molecule has 0 atom stereocenters. The maximum atomic E-state index is 13.9. The van der Waals surface area contributed by atoms with Gasteiger partial charge in [-0.15, -0.1) is 0 Å². The highest BCUT2D eigenvalue weighted by Gasteiger charge is 2.37. The second kappa shape index (κ2) is 7.29. The molecule has 1 amide bonds. The van der Waals surface area contributed by atoms with Gasteiger partial charge in [0.1, 0.15) is 0 Å². The maximum absolute atomic E-state index is 13.9. The van der Waals surface area contributed by atoms with Gasteiger partial charge in [0.05, 0.1) is 19.8 Å². The minimum Gasteiger partial charge on any atom is -0.493 e. The number of hydrogen-bond acceptors (Lipinski definition) is 5. The number of rotatable bonds is 4. The Morgan fingerprint density at radius 3 is 2.50 bits per heavy atom. The van der Waals surface area contributed by atoms with Gasteiger partial charge in [-0.1, -0.05) is 6.07 Å². The number of amides is 1. The molecule has 0 saturated carbocycles. The number of carbonyl (C=O) groups is 1. The lowest BCUT2D eigenvalue weighted by molar-refractivity contribution is -0.0241. The van der Waals surface area contributed by atoms with E-state index >= 15 is 0 Å². The standard InChI is InChI=1S/C19H21FN2O4/c1-25-15-6-5-13(12-16(15)26-2)18(23)22-10-7-19(24,8-11-22)14-4-3-9-21-17(14)20/h3-6,9,12,24H,7-8,10-11H2,1-2H3. The molecule has 138 valence electrons. The number of aliphatic hydroxyl groups is 1. The van der Waals surface area contributed by atoms with Crippen molar-refractivity contribution in [2.45, 2.75) is 18.4 Å². The summed E-state index contributed by atoms with van der Waals surface area (Å²) >= 11 is 0. The molecule has 1 saturated heterocycles. The van der Waals surface area contributed by atoms with Crippen LogP contribution >= 0.6 is 0 Å². The van der Waals surface area contributed by atoms with E-state index in [0.29, 0.717) is 30.2 Å². The summed E-state index contributed by atoms with van der Waals surface area (Å²) < 4.78 is 24.3. The number of piperidine rings is 1. The van der Waals surface area contributed by atoms with Crippen molar-refractivity contribution >= 4 is 5.91 Å². The van der Waals surface area contributed by atoms with E-state index in [9.17, 15) is 14.3 Å². The predicted molar refractivity (Wildman–Crippen MR) is 92.8 cm³/mol. The van der Waals surface area contributed by atoms with Crippen LogP contribution in [0.1, 0.15) is 28.8 Å². The van der Waals surface area contributed by atoms with Crippen LogP contribution in [0.15, 0.2) is 36.5 Å². The first kappa shape index (κ1) is 18.1. The van der Waals surface area contributed by atoms with Crippen LogP contribution in [-0.4, -0.2) is 48.2 Å². The van der Waals surface area contributed by atoms with Crippen LogP contribution in [-0.2, 0) is 5.60 Å². The third-order valence-electron chi connectivity index (χ3n) is 4.77. The lowest BCUT2D eigenvalue weighted by Gasteiger charge is -2.38. The summed E-state index contributed by atoms with van der Waals surface area (Å²) in [7, 11) is 3.04. The van der Waals surface area contributed by atoms with Crippen molar-refractivity contribution in [2.75, 3.05) is 27.3 Å². The van der Waals surface area contributed by atoms with Gasteiger partial charge in [0.2, 0.25) is 5.95 Å². The summed E-state index contributed by atoms with van der Waals surface area (Å²) in [5, 5.41) is 10.8. The molecule has 1 fully saturated rings. The Hall–Kier alpha value is -2.67. The number of halogens is 1. The quantitative estimate of drug-likeness (QED) is 0.848. The third-order valence-corrected chi connectivity index (χ3v) is 4.77. The number of aromatic nitrogens is 1. The zero-order chi connectivity index (χ0) is 18.7. The molecule has 0 spiro atoms. The Balaban J connectivity index is 1.74.